The first-order valence-corrected chi connectivity index (χ1v) is 7.29. The van der Waals surface area contributed by atoms with Crippen molar-refractivity contribution in [3.8, 4) is 0 Å². The first kappa shape index (κ1) is 12.7. The summed E-state index contributed by atoms with van der Waals surface area (Å²) < 4.78 is 5.42. The molecule has 0 bridgehead atoms. The molecular weight excluding hydrogens is 238 g/mol. The van der Waals surface area contributed by atoms with Gasteiger partial charge < -0.3 is 10.1 Å². The molecule has 19 heavy (non-hydrogen) atoms. The van der Waals surface area contributed by atoms with Crippen molar-refractivity contribution in [2.75, 3.05) is 0 Å². The quantitative estimate of drug-likeness (QED) is 0.848. The molecule has 1 aromatic carbocycles. The molecule has 1 saturated heterocycles. The van der Waals surface area contributed by atoms with Crippen LogP contribution in [0, 0.1) is 5.92 Å². The highest BCUT2D eigenvalue weighted by molar-refractivity contribution is 5.76. The summed E-state index contributed by atoms with van der Waals surface area (Å²) in [6.45, 7) is 0.382. The Balaban J connectivity index is 1.51. The van der Waals surface area contributed by atoms with Gasteiger partial charge in [0, 0.05) is 6.04 Å². The van der Waals surface area contributed by atoms with Crippen LogP contribution in [0.2, 0.25) is 0 Å². The van der Waals surface area contributed by atoms with E-state index in [0.717, 1.165) is 12.0 Å². The van der Waals surface area contributed by atoms with Crippen LogP contribution >= 0.6 is 0 Å². The molecule has 1 aromatic rings. The molecule has 1 N–H and O–H groups in total. The number of ether oxygens (including phenoxy) is 1. The average molecular weight is 259 g/mol. The normalized spacial score (nSPS) is 29.8. The molecule has 3 atom stereocenters. The zero-order chi connectivity index (χ0) is 13.1. The highest BCUT2D eigenvalue weighted by Gasteiger charge is 2.38. The molecular formula is C16H21NO2. The van der Waals surface area contributed by atoms with E-state index in [-0.39, 0.29) is 12.0 Å². The molecule has 0 unspecified atom stereocenters. The fourth-order valence-corrected chi connectivity index (χ4v) is 3.33. The molecule has 3 rings (SSSR count). The SMILES string of the molecule is O=C(OCc1ccccc1)[C@H]1C[C@H]2CCCC[C@@H]2N1. The summed E-state index contributed by atoms with van der Waals surface area (Å²) in [6, 6.07) is 10.3. The van der Waals surface area contributed by atoms with E-state index < -0.39 is 0 Å². The number of fused-ring (bicyclic) bond motifs is 1. The highest BCUT2D eigenvalue weighted by Crippen LogP contribution is 2.33. The van der Waals surface area contributed by atoms with Crippen LogP contribution in [0.15, 0.2) is 30.3 Å². The van der Waals surface area contributed by atoms with Crippen molar-refractivity contribution < 1.29 is 9.53 Å². The van der Waals surface area contributed by atoms with E-state index in [1.165, 1.54) is 25.7 Å². The van der Waals surface area contributed by atoms with Gasteiger partial charge in [0.25, 0.3) is 0 Å². The molecule has 2 aliphatic rings. The third-order valence-electron chi connectivity index (χ3n) is 4.37. The van der Waals surface area contributed by atoms with Crippen molar-refractivity contribution in [1.82, 2.24) is 5.32 Å². The van der Waals surface area contributed by atoms with E-state index in [2.05, 4.69) is 5.32 Å². The van der Waals surface area contributed by atoms with E-state index in [0.29, 0.717) is 18.6 Å². The summed E-state index contributed by atoms with van der Waals surface area (Å²) in [5.41, 5.74) is 1.05. The number of hydrogen-bond donors (Lipinski definition) is 1. The van der Waals surface area contributed by atoms with E-state index in [9.17, 15) is 4.79 Å². The number of carbonyl (C=O) groups excluding carboxylic acids is 1. The van der Waals surface area contributed by atoms with Gasteiger partial charge in [0.2, 0.25) is 0 Å². The van der Waals surface area contributed by atoms with Gasteiger partial charge in [-0.15, -0.1) is 0 Å². The minimum absolute atomic E-state index is 0.0850. The predicted molar refractivity (Wildman–Crippen MR) is 73.5 cm³/mol. The minimum Gasteiger partial charge on any atom is -0.460 e. The van der Waals surface area contributed by atoms with Gasteiger partial charge in [0.05, 0.1) is 0 Å². The molecule has 3 nitrogen and oxygen atoms in total. The molecule has 2 fully saturated rings. The average Bonchev–Trinajstić information content (AvgIpc) is 2.90. The largest absolute Gasteiger partial charge is 0.460 e. The maximum Gasteiger partial charge on any atom is 0.323 e. The molecule has 1 aliphatic carbocycles. The maximum atomic E-state index is 12.1. The zero-order valence-electron chi connectivity index (χ0n) is 11.2. The summed E-state index contributed by atoms with van der Waals surface area (Å²) in [5.74, 6) is 0.598. The Morgan fingerprint density at radius 2 is 2.00 bits per heavy atom. The smallest absolute Gasteiger partial charge is 0.323 e. The first-order chi connectivity index (χ1) is 9.33. The van der Waals surface area contributed by atoms with Gasteiger partial charge in [0.1, 0.15) is 12.6 Å². The van der Waals surface area contributed by atoms with Crippen LogP contribution in [-0.4, -0.2) is 18.1 Å². The Bertz CT molecular complexity index is 418. The fourth-order valence-electron chi connectivity index (χ4n) is 3.33. The number of benzene rings is 1. The van der Waals surface area contributed by atoms with E-state index >= 15 is 0 Å². The third-order valence-corrected chi connectivity index (χ3v) is 4.37. The van der Waals surface area contributed by atoms with Gasteiger partial charge in [-0.25, -0.2) is 0 Å². The van der Waals surface area contributed by atoms with Crippen molar-refractivity contribution in [3.05, 3.63) is 35.9 Å². The maximum absolute atomic E-state index is 12.1. The Morgan fingerprint density at radius 3 is 2.79 bits per heavy atom. The lowest BCUT2D eigenvalue weighted by Crippen LogP contribution is -2.37. The Morgan fingerprint density at radius 1 is 1.21 bits per heavy atom. The molecule has 0 spiro atoms. The van der Waals surface area contributed by atoms with Gasteiger partial charge in [-0.3, -0.25) is 4.79 Å². The monoisotopic (exact) mass is 259 g/mol. The second-order valence-corrected chi connectivity index (χ2v) is 5.70. The summed E-state index contributed by atoms with van der Waals surface area (Å²) in [5, 5.41) is 3.45. The van der Waals surface area contributed by atoms with E-state index in [1.807, 2.05) is 30.3 Å². The lowest BCUT2D eigenvalue weighted by Gasteiger charge is -2.24. The predicted octanol–water partition coefficient (Wildman–Crippen LogP) is 2.65. The van der Waals surface area contributed by atoms with Crippen LogP contribution < -0.4 is 5.32 Å². The molecule has 1 saturated carbocycles. The summed E-state index contributed by atoms with van der Waals surface area (Å²) >= 11 is 0. The molecule has 0 aromatic heterocycles. The third kappa shape index (κ3) is 2.98. The molecule has 102 valence electrons. The highest BCUT2D eigenvalue weighted by atomic mass is 16.5. The summed E-state index contributed by atoms with van der Waals surface area (Å²) in [6.07, 6.45) is 6.04. The Labute approximate surface area is 114 Å². The number of carbonyl (C=O) groups is 1. The number of rotatable bonds is 3. The van der Waals surface area contributed by atoms with Crippen LogP contribution in [0.1, 0.15) is 37.7 Å². The number of hydrogen-bond acceptors (Lipinski definition) is 3. The van der Waals surface area contributed by atoms with Gasteiger partial charge in [-0.1, -0.05) is 43.2 Å². The van der Waals surface area contributed by atoms with Crippen molar-refractivity contribution in [2.24, 2.45) is 5.92 Å². The number of nitrogens with one attached hydrogen (secondary N) is 1. The van der Waals surface area contributed by atoms with Gasteiger partial charge in [0.15, 0.2) is 0 Å². The molecule has 1 aliphatic heterocycles. The Hall–Kier alpha value is -1.35. The minimum atomic E-state index is -0.0863. The molecule has 1 heterocycles. The first-order valence-electron chi connectivity index (χ1n) is 7.29. The summed E-state index contributed by atoms with van der Waals surface area (Å²) in [4.78, 5) is 12.1. The van der Waals surface area contributed by atoms with Gasteiger partial charge in [-0.2, -0.15) is 0 Å². The van der Waals surface area contributed by atoms with Crippen LogP contribution in [0.5, 0.6) is 0 Å². The fraction of sp³-hybridized carbons (Fsp3) is 0.562. The van der Waals surface area contributed by atoms with Gasteiger partial charge >= 0.3 is 5.97 Å². The number of esters is 1. The second-order valence-electron chi connectivity index (χ2n) is 5.70. The van der Waals surface area contributed by atoms with Crippen LogP contribution in [0.3, 0.4) is 0 Å². The van der Waals surface area contributed by atoms with Gasteiger partial charge in [-0.05, 0) is 30.7 Å². The zero-order valence-corrected chi connectivity index (χ0v) is 11.2. The molecule has 0 radical (unpaired) electrons. The van der Waals surface area contributed by atoms with Crippen molar-refractivity contribution in [1.29, 1.82) is 0 Å². The van der Waals surface area contributed by atoms with E-state index in [4.69, 9.17) is 4.74 Å². The van der Waals surface area contributed by atoms with E-state index in [1.54, 1.807) is 0 Å². The van der Waals surface area contributed by atoms with Crippen LogP contribution in [0.25, 0.3) is 0 Å². The second kappa shape index (κ2) is 5.74. The lowest BCUT2D eigenvalue weighted by atomic mass is 9.85. The van der Waals surface area contributed by atoms with Crippen LogP contribution in [0.4, 0.5) is 0 Å². The van der Waals surface area contributed by atoms with Crippen molar-refractivity contribution in [3.63, 3.8) is 0 Å². The topological polar surface area (TPSA) is 38.3 Å². The van der Waals surface area contributed by atoms with Crippen molar-refractivity contribution in [2.45, 2.75) is 50.8 Å². The van der Waals surface area contributed by atoms with Crippen LogP contribution in [-0.2, 0) is 16.1 Å². The summed E-state index contributed by atoms with van der Waals surface area (Å²) in [7, 11) is 0. The molecule has 0 amide bonds. The molecule has 3 heteroatoms. The standard InChI is InChI=1S/C16H21NO2/c18-16(19-11-12-6-2-1-3-7-12)15-10-13-8-4-5-9-14(13)17-15/h1-3,6-7,13-15,17H,4-5,8-11H2/t13-,14+,15-/m1/s1. The lowest BCUT2D eigenvalue weighted by molar-refractivity contribution is -0.147. The van der Waals surface area contributed by atoms with Crippen molar-refractivity contribution >= 4 is 5.97 Å². The Kier molecular flexibility index (Phi) is 3.83.